The fraction of sp³-hybridized carbons (Fsp3) is 0.458. The van der Waals surface area contributed by atoms with Crippen molar-refractivity contribution >= 4 is 11.6 Å². The van der Waals surface area contributed by atoms with Gasteiger partial charge in [0, 0.05) is 5.56 Å². The maximum absolute atomic E-state index is 13.5. The molecule has 0 atom stereocenters. The number of nitrogens with one attached hydrogen (secondary N) is 1. The van der Waals surface area contributed by atoms with Gasteiger partial charge in [0.2, 0.25) is 5.91 Å². The highest BCUT2D eigenvalue weighted by Crippen LogP contribution is 2.66. The Kier molecular flexibility index (Phi) is 3.13. The van der Waals surface area contributed by atoms with Crippen molar-refractivity contribution < 1.29 is 9.53 Å². The smallest absolute Gasteiger partial charge is 0.235 e. The van der Waals surface area contributed by atoms with Crippen molar-refractivity contribution in [1.82, 2.24) is 0 Å². The van der Waals surface area contributed by atoms with E-state index in [1.807, 2.05) is 12.1 Å². The fourth-order valence-electron chi connectivity index (χ4n) is 7.12. The third kappa shape index (κ3) is 1.95. The molecule has 138 valence electrons. The van der Waals surface area contributed by atoms with Gasteiger partial charge in [0.25, 0.3) is 0 Å². The van der Waals surface area contributed by atoms with Crippen LogP contribution >= 0.6 is 0 Å². The minimum absolute atomic E-state index is 0.271. The van der Waals surface area contributed by atoms with E-state index in [1.165, 1.54) is 37.7 Å². The molecule has 0 unspecified atom stereocenters. The molecule has 1 spiro atoms. The molecule has 4 fully saturated rings. The second-order valence-corrected chi connectivity index (χ2v) is 9.08. The molecular formula is C24H25NO2. The zero-order valence-electron chi connectivity index (χ0n) is 15.7. The number of para-hydroxylation sites is 1. The Morgan fingerprint density at radius 2 is 1.59 bits per heavy atom. The van der Waals surface area contributed by atoms with Gasteiger partial charge < -0.3 is 10.1 Å². The summed E-state index contributed by atoms with van der Waals surface area (Å²) < 4.78 is 5.30. The molecule has 1 amide bonds. The standard InChI is InChI=1S/C24H25NO2/c1-27-19-7-5-16(6-8-19)20-3-2-4-21-22(20)25-23(26)24(21)17-10-14-9-15(12-17)13-18(24)11-14/h2-8,14-15,17-18H,9-13H2,1H3,(H,25,26). The maximum Gasteiger partial charge on any atom is 0.235 e. The van der Waals surface area contributed by atoms with E-state index in [0.29, 0.717) is 11.8 Å². The Morgan fingerprint density at radius 1 is 0.926 bits per heavy atom. The molecule has 0 aromatic heterocycles. The molecule has 1 N–H and O–H groups in total. The molecule has 7 rings (SSSR count). The molecule has 2 aromatic carbocycles. The number of benzene rings is 2. The number of rotatable bonds is 2. The van der Waals surface area contributed by atoms with E-state index in [0.717, 1.165) is 34.4 Å². The number of hydrogen-bond donors (Lipinski definition) is 1. The van der Waals surface area contributed by atoms with Crippen LogP contribution in [0.1, 0.15) is 37.7 Å². The molecule has 0 radical (unpaired) electrons. The van der Waals surface area contributed by atoms with Crippen molar-refractivity contribution in [2.75, 3.05) is 12.4 Å². The fourth-order valence-corrected chi connectivity index (χ4v) is 7.12. The molecule has 0 saturated heterocycles. The van der Waals surface area contributed by atoms with Crippen LogP contribution in [0.4, 0.5) is 5.69 Å². The third-order valence-electron chi connectivity index (χ3n) is 7.95. The molecule has 5 aliphatic rings. The van der Waals surface area contributed by atoms with Crippen LogP contribution in [0.2, 0.25) is 0 Å². The summed E-state index contributed by atoms with van der Waals surface area (Å²) in [6, 6.07) is 14.7. The summed E-state index contributed by atoms with van der Waals surface area (Å²) in [4.78, 5) is 13.5. The van der Waals surface area contributed by atoms with E-state index in [4.69, 9.17) is 4.74 Å². The van der Waals surface area contributed by atoms with Gasteiger partial charge in [0.15, 0.2) is 0 Å². The SMILES string of the molecule is COc1ccc(-c2cccc3c2NC(=O)C32C3CC4CC(C3)CC2C4)cc1. The van der Waals surface area contributed by atoms with E-state index >= 15 is 0 Å². The Hall–Kier alpha value is -2.29. The lowest BCUT2D eigenvalue weighted by atomic mass is 9.44. The number of methoxy groups -OCH3 is 1. The monoisotopic (exact) mass is 359 g/mol. The highest BCUT2D eigenvalue weighted by Gasteiger charge is 2.64. The number of amides is 1. The van der Waals surface area contributed by atoms with Gasteiger partial charge in [-0.2, -0.15) is 0 Å². The molecule has 4 aliphatic carbocycles. The van der Waals surface area contributed by atoms with Crippen molar-refractivity contribution in [3.8, 4) is 16.9 Å². The van der Waals surface area contributed by atoms with Gasteiger partial charge in [-0.05, 0) is 79.0 Å². The minimum atomic E-state index is -0.273. The van der Waals surface area contributed by atoms with Crippen LogP contribution in [0.3, 0.4) is 0 Å². The van der Waals surface area contributed by atoms with E-state index in [2.05, 4.69) is 35.6 Å². The van der Waals surface area contributed by atoms with Crippen molar-refractivity contribution in [3.63, 3.8) is 0 Å². The van der Waals surface area contributed by atoms with Crippen LogP contribution in [0.25, 0.3) is 11.1 Å². The number of carbonyl (C=O) groups is 1. The predicted molar refractivity (Wildman–Crippen MR) is 106 cm³/mol. The van der Waals surface area contributed by atoms with Crippen molar-refractivity contribution in [2.45, 2.75) is 37.5 Å². The van der Waals surface area contributed by atoms with Crippen LogP contribution < -0.4 is 10.1 Å². The zero-order chi connectivity index (χ0) is 18.2. The first-order valence-corrected chi connectivity index (χ1v) is 10.3. The van der Waals surface area contributed by atoms with Gasteiger partial charge in [-0.3, -0.25) is 4.79 Å². The van der Waals surface area contributed by atoms with Crippen LogP contribution in [0.15, 0.2) is 42.5 Å². The summed E-state index contributed by atoms with van der Waals surface area (Å²) in [7, 11) is 1.69. The molecule has 1 heterocycles. The average Bonchev–Trinajstić information content (AvgIpc) is 2.98. The Labute approximate surface area is 160 Å². The van der Waals surface area contributed by atoms with E-state index in [9.17, 15) is 4.79 Å². The summed E-state index contributed by atoms with van der Waals surface area (Å²) in [5.41, 5.74) is 4.32. The first-order valence-electron chi connectivity index (χ1n) is 10.3. The van der Waals surface area contributed by atoms with Crippen molar-refractivity contribution in [1.29, 1.82) is 0 Å². The lowest BCUT2D eigenvalue weighted by molar-refractivity contribution is -0.137. The summed E-state index contributed by atoms with van der Waals surface area (Å²) in [5.74, 6) is 3.90. The van der Waals surface area contributed by atoms with Crippen molar-refractivity contribution in [2.24, 2.45) is 23.7 Å². The lowest BCUT2D eigenvalue weighted by Gasteiger charge is -2.59. The van der Waals surface area contributed by atoms with Crippen LogP contribution in [-0.4, -0.2) is 13.0 Å². The number of carbonyl (C=O) groups excluding carboxylic acids is 1. The average molecular weight is 359 g/mol. The highest BCUT2D eigenvalue weighted by atomic mass is 16.5. The van der Waals surface area contributed by atoms with Gasteiger partial charge in [0.05, 0.1) is 18.2 Å². The number of ether oxygens (including phenoxy) is 1. The summed E-state index contributed by atoms with van der Waals surface area (Å²) >= 11 is 0. The largest absolute Gasteiger partial charge is 0.497 e. The van der Waals surface area contributed by atoms with E-state index in [-0.39, 0.29) is 11.3 Å². The molecule has 1 aliphatic heterocycles. The number of anilines is 1. The molecule has 4 saturated carbocycles. The topological polar surface area (TPSA) is 38.3 Å². The molecule has 4 bridgehead atoms. The predicted octanol–water partition coefficient (Wildman–Crippen LogP) is 5.01. The molecule has 27 heavy (non-hydrogen) atoms. The summed E-state index contributed by atoms with van der Waals surface area (Å²) in [5, 5.41) is 3.34. The second-order valence-electron chi connectivity index (χ2n) is 9.08. The second kappa shape index (κ2) is 5.37. The van der Waals surface area contributed by atoms with Gasteiger partial charge in [0.1, 0.15) is 5.75 Å². The first-order chi connectivity index (χ1) is 13.2. The normalized spacial score (nSPS) is 35.4. The Bertz CT molecular complexity index is 902. The van der Waals surface area contributed by atoms with Gasteiger partial charge in [-0.25, -0.2) is 0 Å². The lowest BCUT2D eigenvalue weighted by Crippen LogP contribution is -2.58. The molecular weight excluding hydrogens is 334 g/mol. The summed E-state index contributed by atoms with van der Waals surface area (Å²) in [6.07, 6.45) is 6.38. The van der Waals surface area contributed by atoms with Crippen molar-refractivity contribution in [3.05, 3.63) is 48.0 Å². The molecule has 3 heteroatoms. The van der Waals surface area contributed by atoms with Crippen LogP contribution in [-0.2, 0) is 10.2 Å². The molecule has 3 nitrogen and oxygen atoms in total. The highest BCUT2D eigenvalue weighted by molar-refractivity contribution is 6.10. The van der Waals surface area contributed by atoms with E-state index < -0.39 is 0 Å². The van der Waals surface area contributed by atoms with Gasteiger partial charge in [-0.1, -0.05) is 30.3 Å². The Balaban J connectivity index is 1.50. The maximum atomic E-state index is 13.5. The number of fused-ring (bicyclic) bond motifs is 1. The van der Waals surface area contributed by atoms with Gasteiger partial charge >= 0.3 is 0 Å². The first kappa shape index (κ1) is 15.7. The van der Waals surface area contributed by atoms with Crippen LogP contribution in [0, 0.1) is 23.7 Å². The Morgan fingerprint density at radius 3 is 2.22 bits per heavy atom. The van der Waals surface area contributed by atoms with Crippen LogP contribution in [0.5, 0.6) is 5.75 Å². The minimum Gasteiger partial charge on any atom is -0.497 e. The number of hydrogen-bond acceptors (Lipinski definition) is 2. The quantitative estimate of drug-likeness (QED) is 0.819. The zero-order valence-corrected chi connectivity index (χ0v) is 15.7. The summed E-state index contributed by atoms with van der Waals surface area (Å²) in [6.45, 7) is 0. The third-order valence-corrected chi connectivity index (χ3v) is 7.95. The van der Waals surface area contributed by atoms with E-state index in [1.54, 1.807) is 7.11 Å². The van der Waals surface area contributed by atoms with Gasteiger partial charge in [-0.15, -0.1) is 0 Å². The molecule has 2 aromatic rings.